The van der Waals surface area contributed by atoms with Crippen LogP contribution in [-0.2, 0) is 22.6 Å². The highest BCUT2D eigenvalue weighted by Gasteiger charge is 2.30. The Hall–Kier alpha value is -3.68. The number of benzene rings is 1. The maximum absolute atomic E-state index is 12.5. The summed E-state index contributed by atoms with van der Waals surface area (Å²) in [5.74, 6) is -1.49. The van der Waals surface area contributed by atoms with Crippen molar-refractivity contribution in [2.24, 2.45) is 0 Å². The molecule has 0 unspecified atom stereocenters. The van der Waals surface area contributed by atoms with Crippen LogP contribution in [0, 0.1) is 10.1 Å². The van der Waals surface area contributed by atoms with E-state index in [1.165, 1.54) is 4.90 Å². The summed E-state index contributed by atoms with van der Waals surface area (Å²) in [6, 6.07) is 7.18. The molecule has 38 heavy (non-hydrogen) atoms. The molecule has 0 aliphatic carbocycles. The minimum absolute atomic E-state index is 0.0391. The Kier molecular flexibility index (Phi) is 10.0. The molecule has 1 aromatic carbocycles. The highest BCUT2D eigenvalue weighted by molar-refractivity contribution is 5.78. The first-order valence-electron chi connectivity index (χ1n) is 12.3. The van der Waals surface area contributed by atoms with E-state index >= 15 is 0 Å². The Bertz CT molecular complexity index is 1110. The Morgan fingerprint density at radius 1 is 1.24 bits per heavy atom. The first-order chi connectivity index (χ1) is 18.1. The Balaban J connectivity index is 1.90. The van der Waals surface area contributed by atoms with Crippen molar-refractivity contribution in [3.63, 3.8) is 0 Å². The van der Waals surface area contributed by atoms with E-state index in [0.29, 0.717) is 0 Å². The first-order valence-corrected chi connectivity index (χ1v) is 12.3. The van der Waals surface area contributed by atoms with Crippen molar-refractivity contribution >= 4 is 23.3 Å². The van der Waals surface area contributed by atoms with Crippen molar-refractivity contribution in [3.05, 3.63) is 45.5 Å². The Morgan fingerprint density at radius 2 is 1.95 bits per heavy atom. The van der Waals surface area contributed by atoms with Gasteiger partial charge in [0.15, 0.2) is 0 Å². The quantitative estimate of drug-likeness (QED) is 0.173. The predicted octanol–water partition coefficient (Wildman–Crippen LogP) is 3.85. The molecule has 208 valence electrons. The largest absolute Gasteiger partial charge is 0.465 e. The molecule has 2 heterocycles. The van der Waals surface area contributed by atoms with Crippen molar-refractivity contribution < 1.29 is 32.4 Å². The summed E-state index contributed by atoms with van der Waals surface area (Å²) in [7, 11) is 0. The molecule has 2 N–H and O–H groups in total. The monoisotopic (exact) mass is 540 g/mol. The van der Waals surface area contributed by atoms with Gasteiger partial charge in [-0.3, -0.25) is 19.8 Å². The van der Waals surface area contributed by atoms with Gasteiger partial charge in [-0.1, -0.05) is 24.3 Å². The molecule has 0 atom stereocenters. The number of rotatable bonds is 13. The minimum atomic E-state index is -4.36. The average Bonchev–Trinajstić information content (AvgIpc) is 3.33. The number of nitrogen functional groups attached to an aromatic ring is 1. The number of hydrogen-bond acceptors (Lipinski definition) is 10. The van der Waals surface area contributed by atoms with Gasteiger partial charge >= 0.3 is 23.8 Å². The number of likely N-dealkylation sites (tertiary alicyclic amines) is 1. The zero-order valence-corrected chi connectivity index (χ0v) is 21.1. The first kappa shape index (κ1) is 28.9. The van der Waals surface area contributed by atoms with E-state index in [1.54, 1.807) is 6.92 Å². The third kappa shape index (κ3) is 8.71. The van der Waals surface area contributed by atoms with Crippen molar-refractivity contribution in [1.29, 1.82) is 0 Å². The van der Waals surface area contributed by atoms with Gasteiger partial charge in [0.1, 0.15) is 6.54 Å². The van der Waals surface area contributed by atoms with Crippen LogP contribution in [0.2, 0.25) is 0 Å². The van der Waals surface area contributed by atoms with E-state index in [2.05, 4.69) is 14.9 Å². The van der Waals surface area contributed by atoms with Crippen LogP contribution in [-0.4, -0.2) is 64.8 Å². The summed E-state index contributed by atoms with van der Waals surface area (Å²) in [6.45, 7) is 3.76. The third-order valence-electron chi connectivity index (χ3n) is 5.78. The molecule has 1 saturated heterocycles. The van der Waals surface area contributed by atoms with Gasteiger partial charge in [-0.15, -0.1) is 0 Å². The smallest absolute Gasteiger partial charge is 0.389 e. The predicted molar refractivity (Wildman–Crippen MR) is 133 cm³/mol. The second kappa shape index (κ2) is 13.2. The lowest BCUT2D eigenvalue weighted by atomic mass is 10.1. The van der Waals surface area contributed by atoms with Gasteiger partial charge in [0.05, 0.1) is 18.1 Å². The van der Waals surface area contributed by atoms with Gasteiger partial charge < -0.3 is 20.1 Å². The molecule has 0 radical (unpaired) electrons. The van der Waals surface area contributed by atoms with Crippen LogP contribution in [0.4, 0.5) is 30.5 Å². The molecular weight excluding hydrogens is 509 g/mol. The molecule has 0 bridgehead atoms. The molecule has 2 aromatic rings. The summed E-state index contributed by atoms with van der Waals surface area (Å²) < 4.78 is 47.6. The standard InChI is InChI=1S/C24H31F3N6O5/c1-2-37-19(34)16-32(15-18-8-5-7-17(13-18)14-31-10-3-4-11-31)22-20(33(35)36)21(28)29-23(30-22)38-12-6-9-24(25,26)27/h5,7-8,13H,2-4,6,9-12,14-16H2,1H3,(H2,28,29,30). The molecule has 1 aromatic heterocycles. The van der Waals surface area contributed by atoms with Gasteiger partial charge in [0.2, 0.25) is 11.6 Å². The molecule has 0 spiro atoms. The lowest BCUT2D eigenvalue weighted by molar-refractivity contribution is -0.383. The van der Waals surface area contributed by atoms with Crippen LogP contribution >= 0.6 is 0 Å². The number of carbonyl (C=O) groups is 1. The number of nitrogens with zero attached hydrogens (tertiary/aromatic N) is 5. The zero-order chi connectivity index (χ0) is 27.7. The lowest BCUT2D eigenvalue weighted by Crippen LogP contribution is -2.32. The van der Waals surface area contributed by atoms with E-state index in [9.17, 15) is 28.1 Å². The van der Waals surface area contributed by atoms with Gasteiger partial charge in [-0.05, 0) is 50.4 Å². The number of alkyl halides is 3. The molecule has 0 saturated carbocycles. The molecule has 3 rings (SSSR count). The topological polar surface area (TPSA) is 137 Å². The summed E-state index contributed by atoms with van der Waals surface area (Å²) in [5.41, 5.74) is 6.99. The van der Waals surface area contributed by atoms with Gasteiger partial charge in [-0.2, -0.15) is 23.1 Å². The van der Waals surface area contributed by atoms with Crippen LogP contribution in [0.15, 0.2) is 24.3 Å². The Labute approximate surface area is 217 Å². The highest BCUT2D eigenvalue weighted by atomic mass is 19.4. The summed E-state index contributed by atoms with van der Waals surface area (Å²) >= 11 is 0. The van der Waals surface area contributed by atoms with Gasteiger partial charge in [0.25, 0.3) is 0 Å². The fourth-order valence-corrected chi connectivity index (χ4v) is 4.15. The highest BCUT2D eigenvalue weighted by Crippen LogP contribution is 2.34. The van der Waals surface area contributed by atoms with Crippen molar-refractivity contribution in [3.8, 4) is 6.01 Å². The third-order valence-corrected chi connectivity index (χ3v) is 5.78. The number of nitro groups is 1. The number of anilines is 2. The summed E-state index contributed by atoms with van der Waals surface area (Å²) in [4.78, 5) is 35.0. The molecule has 14 heteroatoms. The van der Waals surface area contributed by atoms with Gasteiger partial charge in [0, 0.05) is 19.5 Å². The van der Waals surface area contributed by atoms with E-state index < -0.39 is 47.6 Å². The number of aromatic nitrogens is 2. The Morgan fingerprint density at radius 3 is 2.61 bits per heavy atom. The maximum atomic E-state index is 12.5. The maximum Gasteiger partial charge on any atom is 0.389 e. The molecule has 11 nitrogen and oxygen atoms in total. The van der Waals surface area contributed by atoms with Gasteiger partial charge in [-0.25, -0.2) is 0 Å². The van der Waals surface area contributed by atoms with E-state index in [1.807, 2.05) is 24.3 Å². The van der Waals surface area contributed by atoms with Crippen LogP contribution in [0.3, 0.4) is 0 Å². The number of halogens is 3. The van der Waals surface area contributed by atoms with Crippen molar-refractivity contribution in [2.45, 2.75) is 51.9 Å². The van der Waals surface area contributed by atoms with Crippen LogP contribution in [0.1, 0.15) is 43.7 Å². The van der Waals surface area contributed by atoms with Crippen LogP contribution < -0.4 is 15.4 Å². The number of carbonyl (C=O) groups excluding carboxylic acids is 1. The second-order valence-electron chi connectivity index (χ2n) is 8.85. The van der Waals surface area contributed by atoms with Crippen molar-refractivity contribution in [1.82, 2.24) is 14.9 Å². The molecule has 1 fully saturated rings. The lowest BCUT2D eigenvalue weighted by Gasteiger charge is -2.24. The van der Waals surface area contributed by atoms with Crippen molar-refractivity contribution in [2.75, 3.05) is 43.5 Å². The fraction of sp³-hybridized carbons (Fsp3) is 0.542. The fourth-order valence-electron chi connectivity index (χ4n) is 4.15. The molecular formula is C24H31F3N6O5. The number of esters is 1. The molecule has 0 amide bonds. The summed E-state index contributed by atoms with van der Waals surface area (Å²) in [5, 5.41) is 11.9. The number of nitrogens with two attached hydrogens (primary N) is 1. The number of ether oxygens (including phenoxy) is 2. The number of hydrogen-bond donors (Lipinski definition) is 1. The molecule has 1 aliphatic rings. The zero-order valence-electron chi connectivity index (χ0n) is 21.1. The van der Waals surface area contributed by atoms with Crippen LogP contribution in [0.25, 0.3) is 0 Å². The summed E-state index contributed by atoms with van der Waals surface area (Å²) in [6.07, 6.45) is -3.51. The van der Waals surface area contributed by atoms with E-state index in [-0.39, 0.29) is 32.0 Å². The van der Waals surface area contributed by atoms with E-state index in [4.69, 9.17) is 15.2 Å². The second-order valence-corrected chi connectivity index (χ2v) is 8.85. The average molecular weight is 541 g/mol. The van der Waals surface area contributed by atoms with Crippen LogP contribution in [0.5, 0.6) is 6.01 Å². The minimum Gasteiger partial charge on any atom is -0.465 e. The SMILES string of the molecule is CCOC(=O)CN(Cc1cccc(CN2CCCC2)c1)c1nc(OCCCC(F)(F)F)nc(N)c1[N+](=O)[O-]. The van der Waals surface area contributed by atoms with E-state index in [0.717, 1.165) is 43.6 Å². The molecule has 1 aliphatic heterocycles. The normalized spacial score (nSPS) is 13.9.